The zero-order valence-electron chi connectivity index (χ0n) is 12.3. The van der Waals surface area contributed by atoms with Crippen LogP contribution in [0.4, 0.5) is 0 Å². The van der Waals surface area contributed by atoms with E-state index in [1.165, 1.54) is 28.9 Å². The Morgan fingerprint density at radius 2 is 2.00 bits per heavy atom. The number of nitrogens with zero attached hydrogens (tertiary/aromatic N) is 2. The summed E-state index contributed by atoms with van der Waals surface area (Å²) in [6.07, 6.45) is 4.61. The molecule has 2 aromatic rings. The monoisotopic (exact) mass is 254 g/mol. The topological polar surface area (TPSA) is 17.8 Å². The van der Waals surface area contributed by atoms with Crippen LogP contribution in [0.5, 0.6) is 0 Å². The molecule has 0 spiro atoms. The smallest absolute Gasteiger partial charge is 0.109 e. The molecule has 0 fully saturated rings. The molecule has 100 valence electrons. The Bertz CT molecular complexity index is 610. The van der Waals surface area contributed by atoms with Crippen LogP contribution in [0.1, 0.15) is 43.3 Å². The van der Waals surface area contributed by atoms with Gasteiger partial charge in [-0.25, -0.2) is 4.98 Å². The normalized spacial score (nSPS) is 22.3. The first-order chi connectivity index (χ1) is 9.04. The van der Waals surface area contributed by atoms with Crippen molar-refractivity contribution in [3.8, 4) is 11.3 Å². The lowest BCUT2D eigenvalue weighted by Crippen LogP contribution is -2.20. The molecule has 2 nitrogen and oxygen atoms in total. The molecule has 3 rings (SSSR count). The molecule has 1 aromatic carbocycles. The third kappa shape index (κ3) is 2.20. The molecule has 0 radical (unpaired) electrons. The van der Waals surface area contributed by atoms with E-state index in [4.69, 9.17) is 4.98 Å². The van der Waals surface area contributed by atoms with E-state index in [1.54, 1.807) is 0 Å². The van der Waals surface area contributed by atoms with Gasteiger partial charge in [-0.05, 0) is 44.7 Å². The number of benzene rings is 1. The summed E-state index contributed by atoms with van der Waals surface area (Å²) in [5.41, 5.74) is 5.02. The summed E-state index contributed by atoms with van der Waals surface area (Å²) in [6.45, 7) is 8.93. The molecule has 1 aromatic heterocycles. The van der Waals surface area contributed by atoms with Crippen LogP contribution in [0.25, 0.3) is 11.3 Å². The van der Waals surface area contributed by atoms with Gasteiger partial charge in [0.25, 0.3) is 0 Å². The molecule has 19 heavy (non-hydrogen) atoms. The molecule has 0 saturated carbocycles. The van der Waals surface area contributed by atoms with Gasteiger partial charge in [0, 0.05) is 24.2 Å². The average Bonchev–Trinajstić information content (AvgIpc) is 2.76. The Morgan fingerprint density at radius 1 is 1.21 bits per heavy atom. The lowest BCUT2D eigenvalue weighted by Gasteiger charge is -2.26. The largest absolute Gasteiger partial charge is 0.331 e. The summed E-state index contributed by atoms with van der Waals surface area (Å²) in [5, 5.41) is 0. The van der Waals surface area contributed by atoms with Crippen molar-refractivity contribution in [1.29, 1.82) is 0 Å². The van der Waals surface area contributed by atoms with Gasteiger partial charge in [0.1, 0.15) is 5.82 Å². The predicted octanol–water partition coefficient (Wildman–Crippen LogP) is 4.31. The number of fused-ring (bicyclic) bond motifs is 1. The minimum Gasteiger partial charge on any atom is -0.331 e. The van der Waals surface area contributed by atoms with Crippen LogP contribution in [-0.4, -0.2) is 9.55 Å². The lowest BCUT2D eigenvalue weighted by molar-refractivity contribution is 0.343. The van der Waals surface area contributed by atoms with Gasteiger partial charge in [-0.2, -0.15) is 0 Å². The van der Waals surface area contributed by atoms with Crippen molar-refractivity contribution in [2.45, 2.75) is 46.6 Å². The minimum atomic E-state index is 0.574. The van der Waals surface area contributed by atoms with Crippen LogP contribution in [0.15, 0.2) is 24.4 Å². The van der Waals surface area contributed by atoms with E-state index in [-0.39, 0.29) is 0 Å². The molecule has 0 bridgehead atoms. The fourth-order valence-corrected chi connectivity index (χ4v) is 3.20. The van der Waals surface area contributed by atoms with Crippen LogP contribution in [0.2, 0.25) is 0 Å². The molecule has 2 atom stereocenters. The number of hydrogen-bond acceptors (Lipinski definition) is 1. The molecule has 0 N–H and O–H groups in total. The Hall–Kier alpha value is -1.57. The van der Waals surface area contributed by atoms with E-state index in [9.17, 15) is 0 Å². The van der Waals surface area contributed by atoms with Crippen molar-refractivity contribution in [2.24, 2.45) is 5.92 Å². The van der Waals surface area contributed by atoms with Crippen molar-refractivity contribution in [3.63, 3.8) is 0 Å². The Kier molecular flexibility index (Phi) is 2.96. The predicted molar refractivity (Wildman–Crippen MR) is 79.3 cm³/mol. The van der Waals surface area contributed by atoms with Gasteiger partial charge in [0.15, 0.2) is 0 Å². The maximum absolute atomic E-state index is 4.89. The molecule has 2 heterocycles. The zero-order valence-corrected chi connectivity index (χ0v) is 12.3. The molecule has 0 saturated heterocycles. The molecule has 2 heteroatoms. The van der Waals surface area contributed by atoms with E-state index in [0.29, 0.717) is 6.04 Å². The van der Waals surface area contributed by atoms with Crippen LogP contribution in [-0.2, 0) is 6.42 Å². The van der Waals surface area contributed by atoms with Gasteiger partial charge in [-0.15, -0.1) is 0 Å². The molecule has 1 aliphatic heterocycles. The molecule has 0 amide bonds. The fourth-order valence-electron chi connectivity index (χ4n) is 3.20. The Balaban J connectivity index is 2.08. The second-order valence-electron chi connectivity index (χ2n) is 6.16. The van der Waals surface area contributed by atoms with E-state index < -0.39 is 0 Å². The molecular formula is C17H22N2. The van der Waals surface area contributed by atoms with Gasteiger partial charge in [-0.1, -0.05) is 24.6 Å². The summed E-state index contributed by atoms with van der Waals surface area (Å²) in [5.74, 6) is 2.00. The summed E-state index contributed by atoms with van der Waals surface area (Å²) in [7, 11) is 0. The first kappa shape index (κ1) is 12.5. The Morgan fingerprint density at radius 3 is 2.79 bits per heavy atom. The highest BCUT2D eigenvalue weighted by molar-refractivity contribution is 5.64. The molecule has 0 aliphatic carbocycles. The maximum atomic E-state index is 4.89. The van der Waals surface area contributed by atoms with Gasteiger partial charge >= 0.3 is 0 Å². The van der Waals surface area contributed by atoms with Gasteiger partial charge < -0.3 is 4.57 Å². The number of aryl methyl sites for hydroxylation is 2. The van der Waals surface area contributed by atoms with Crippen LogP contribution in [0, 0.1) is 19.8 Å². The number of imidazole rings is 1. The van der Waals surface area contributed by atoms with Crippen molar-refractivity contribution >= 4 is 0 Å². The third-order valence-corrected chi connectivity index (χ3v) is 4.23. The summed E-state index contributed by atoms with van der Waals surface area (Å²) in [4.78, 5) is 4.89. The minimum absolute atomic E-state index is 0.574. The van der Waals surface area contributed by atoms with Gasteiger partial charge in [-0.3, -0.25) is 0 Å². The first-order valence-electron chi connectivity index (χ1n) is 7.20. The van der Waals surface area contributed by atoms with Crippen LogP contribution >= 0.6 is 0 Å². The number of rotatable bonds is 1. The van der Waals surface area contributed by atoms with E-state index in [0.717, 1.165) is 18.0 Å². The van der Waals surface area contributed by atoms with Crippen molar-refractivity contribution in [1.82, 2.24) is 9.55 Å². The maximum Gasteiger partial charge on any atom is 0.109 e. The highest BCUT2D eigenvalue weighted by Crippen LogP contribution is 2.32. The Labute approximate surface area is 115 Å². The summed E-state index contributed by atoms with van der Waals surface area (Å²) in [6, 6.07) is 7.18. The van der Waals surface area contributed by atoms with Crippen molar-refractivity contribution in [2.75, 3.05) is 0 Å². The molecule has 1 aliphatic rings. The van der Waals surface area contributed by atoms with Gasteiger partial charge in [0.05, 0.1) is 5.69 Å². The number of hydrogen-bond donors (Lipinski definition) is 0. The van der Waals surface area contributed by atoms with E-state index in [1.807, 2.05) is 0 Å². The lowest BCUT2D eigenvalue weighted by atomic mass is 9.95. The molecule has 2 unspecified atom stereocenters. The average molecular weight is 254 g/mol. The van der Waals surface area contributed by atoms with Gasteiger partial charge in [0.2, 0.25) is 0 Å². The third-order valence-electron chi connectivity index (χ3n) is 4.23. The summed E-state index contributed by atoms with van der Waals surface area (Å²) >= 11 is 0. The van der Waals surface area contributed by atoms with Crippen LogP contribution in [0.3, 0.4) is 0 Å². The summed E-state index contributed by atoms with van der Waals surface area (Å²) < 4.78 is 2.37. The number of aromatic nitrogens is 2. The van der Waals surface area contributed by atoms with E-state index in [2.05, 4.69) is 56.7 Å². The molecular weight excluding hydrogens is 232 g/mol. The zero-order chi connectivity index (χ0) is 13.6. The van der Waals surface area contributed by atoms with E-state index >= 15 is 0 Å². The van der Waals surface area contributed by atoms with Crippen molar-refractivity contribution < 1.29 is 0 Å². The second-order valence-corrected chi connectivity index (χ2v) is 6.16. The first-order valence-corrected chi connectivity index (χ1v) is 7.20. The van der Waals surface area contributed by atoms with Crippen molar-refractivity contribution in [3.05, 3.63) is 41.3 Å². The second kappa shape index (κ2) is 4.52. The quantitative estimate of drug-likeness (QED) is 0.741. The fraction of sp³-hybridized carbons (Fsp3) is 0.471. The SMILES string of the molecule is Cc1ccc(C)c(-c2cn3c(n2)CC(C)CC3C)c1. The highest BCUT2D eigenvalue weighted by Gasteiger charge is 2.23. The highest BCUT2D eigenvalue weighted by atomic mass is 15.1. The van der Waals surface area contributed by atoms with Crippen LogP contribution < -0.4 is 0 Å². The standard InChI is InChI=1S/C17H22N2/c1-11-5-6-13(3)15(8-11)16-10-19-14(4)7-12(2)9-17(19)18-16/h5-6,8,10,12,14H,7,9H2,1-4H3.